The van der Waals surface area contributed by atoms with E-state index in [2.05, 4.69) is 11.8 Å². The maximum Gasteiger partial charge on any atom is 0.300 e. The minimum atomic E-state index is -0.942. The summed E-state index contributed by atoms with van der Waals surface area (Å²) in [5, 5.41) is 11.5. The number of furan rings is 1. The number of ketones is 1. The highest BCUT2D eigenvalue weighted by atomic mass is 16.5. The van der Waals surface area contributed by atoms with Gasteiger partial charge < -0.3 is 23.9 Å². The van der Waals surface area contributed by atoms with Crippen molar-refractivity contribution in [3.05, 3.63) is 77.8 Å². The van der Waals surface area contributed by atoms with Gasteiger partial charge in [0.2, 0.25) is 0 Å². The van der Waals surface area contributed by atoms with Crippen molar-refractivity contribution in [2.24, 2.45) is 5.92 Å². The number of Topliss-reactive ketones (excluding diaryl/α,β-unsaturated/α-hetero) is 1. The number of aliphatic hydroxyl groups is 1. The van der Waals surface area contributed by atoms with E-state index in [-0.39, 0.29) is 11.3 Å². The first-order valence-corrected chi connectivity index (χ1v) is 13.5. The monoisotopic (exact) mass is 530 g/mol. The molecule has 0 saturated carbocycles. The number of aliphatic hydroxyl groups excluding tert-OH is 1. The van der Waals surface area contributed by atoms with Crippen molar-refractivity contribution in [1.29, 1.82) is 0 Å². The fourth-order valence-electron chi connectivity index (χ4n) is 5.28. The molecular formula is C31H34N2O6. The number of hydrogen-bond acceptors (Lipinski definition) is 7. The van der Waals surface area contributed by atoms with E-state index in [0.29, 0.717) is 41.7 Å². The Morgan fingerprint density at radius 1 is 0.974 bits per heavy atom. The molecule has 3 heterocycles. The van der Waals surface area contributed by atoms with Gasteiger partial charge in [0, 0.05) is 30.5 Å². The van der Waals surface area contributed by atoms with Crippen molar-refractivity contribution < 1.29 is 28.6 Å². The van der Waals surface area contributed by atoms with Gasteiger partial charge in [-0.15, -0.1) is 0 Å². The lowest BCUT2D eigenvalue weighted by Crippen LogP contribution is -2.33. The quantitative estimate of drug-likeness (QED) is 0.219. The zero-order chi connectivity index (χ0) is 27.5. The fourth-order valence-corrected chi connectivity index (χ4v) is 5.28. The van der Waals surface area contributed by atoms with Crippen molar-refractivity contribution in [2.75, 3.05) is 36.1 Å². The summed E-state index contributed by atoms with van der Waals surface area (Å²) in [7, 11) is 0. The number of nitrogens with zero attached hydrogens (tertiary/aromatic N) is 2. The molecule has 1 N–H and O–H groups in total. The van der Waals surface area contributed by atoms with Crippen LogP contribution in [0.2, 0.25) is 0 Å². The van der Waals surface area contributed by atoms with E-state index in [4.69, 9.17) is 13.9 Å². The molecule has 0 aliphatic carbocycles. The lowest BCUT2D eigenvalue weighted by Gasteiger charge is -2.32. The van der Waals surface area contributed by atoms with E-state index < -0.39 is 17.7 Å². The number of hydrogen-bond donors (Lipinski definition) is 1. The Morgan fingerprint density at radius 2 is 1.67 bits per heavy atom. The fraction of sp³-hybridized carbons (Fsp3) is 0.355. The smallest absolute Gasteiger partial charge is 0.300 e. The van der Waals surface area contributed by atoms with E-state index in [1.54, 1.807) is 30.3 Å². The molecule has 0 bridgehead atoms. The molecule has 2 aromatic carbocycles. The maximum atomic E-state index is 13.5. The summed E-state index contributed by atoms with van der Waals surface area (Å²) in [5.41, 5.74) is 1.86. The van der Waals surface area contributed by atoms with E-state index in [1.165, 1.54) is 11.2 Å². The molecule has 0 spiro atoms. The summed E-state index contributed by atoms with van der Waals surface area (Å²) in [4.78, 5) is 30.7. The zero-order valence-electron chi connectivity index (χ0n) is 22.6. The van der Waals surface area contributed by atoms with Crippen LogP contribution in [0, 0.1) is 5.92 Å². The molecule has 1 aromatic heterocycles. The van der Waals surface area contributed by atoms with Crippen molar-refractivity contribution >= 4 is 28.8 Å². The molecule has 8 heteroatoms. The molecule has 2 fully saturated rings. The molecule has 2 saturated heterocycles. The molecular weight excluding hydrogens is 496 g/mol. The number of carbonyl (C=O) groups excluding carboxylic acids is 2. The van der Waals surface area contributed by atoms with Crippen LogP contribution < -0.4 is 19.3 Å². The molecule has 2 aliphatic heterocycles. The highest BCUT2D eigenvalue weighted by molar-refractivity contribution is 6.51. The second-order valence-electron chi connectivity index (χ2n) is 9.89. The van der Waals surface area contributed by atoms with E-state index in [1.807, 2.05) is 38.1 Å². The third-order valence-corrected chi connectivity index (χ3v) is 7.35. The van der Waals surface area contributed by atoms with Gasteiger partial charge in [-0.2, -0.15) is 0 Å². The highest BCUT2D eigenvalue weighted by Gasteiger charge is 2.48. The Labute approximate surface area is 228 Å². The topological polar surface area (TPSA) is 92.5 Å². The standard InChI is InChI=1S/C31H34N2O6/c1-4-37-23-12-13-24(26(19-23)38-5-2)29(34)27-28(25-7-6-18-39-25)33(31(36)30(27)35)22-10-8-21(9-11-22)32-16-14-20(3)15-17-32/h6-13,18-20,28,34H,4-5,14-17H2,1-3H3/b29-27-. The van der Waals surface area contributed by atoms with Crippen LogP contribution in [0.4, 0.5) is 11.4 Å². The Balaban J connectivity index is 1.56. The third kappa shape index (κ3) is 5.11. The van der Waals surface area contributed by atoms with Crippen LogP contribution in [0.15, 0.2) is 70.9 Å². The molecule has 1 atom stereocenters. The van der Waals surface area contributed by atoms with E-state index in [0.717, 1.165) is 37.5 Å². The third-order valence-electron chi connectivity index (χ3n) is 7.35. The number of amides is 1. The summed E-state index contributed by atoms with van der Waals surface area (Å²) >= 11 is 0. The normalized spacial score (nSPS) is 19.5. The van der Waals surface area contributed by atoms with Crippen molar-refractivity contribution in [2.45, 2.75) is 39.7 Å². The predicted molar refractivity (Wildman–Crippen MR) is 149 cm³/mol. The second kappa shape index (κ2) is 11.3. The molecule has 2 aliphatic rings. The van der Waals surface area contributed by atoms with Crippen LogP contribution in [-0.2, 0) is 9.59 Å². The van der Waals surface area contributed by atoms with Gasteiger partial charge in [-0.25, -0.2) is 0 Å². The average molecular weight is 531 g/mol. The number of ether oxygens (including phenoxy) is 2. The average Bonchev–Trinajstić information content (AvgIpc) is 3.56. The molecule has 1 amide bonds. The first-order valence-electron chi connectivity index (χ1n) is 13.5. The van der Waals surface area contributed by atoms with Crippen LogP contribution in [0.1, 0.15) is 51.0 Å². The minimum Gasteiger partial charge on any atom is -0.507 e. The van der Waals surface area contributed by atoms with Gasteiger partial charge in [0.1, 0.15) is 29.1 Å². The minimum absolute atomic E-state index is 0.0610. The molecule has 8 nitrogen and oxygen atoms in total. The molecule has 5 rings (SSSR count). The van der Waals surface area contributed by atoms with Gasteiger partial charge in [0.25, 0.3) is 11.7 Å². The van der Waals surface area contributed by atoms with Gasteiger partial charge in [0.05, 0.1) is 30.6 Å². The van der Waals surface area contributed by atoms with E-state index >= 15 is 0 Å². The summed E-state index contributed by atoms with van der Waals surface area (Å²) in [5.74, 6) is 0.158. The molecule has 3 aromatic rings. The van der Waals surface area contributed by atoms with Crippen molar-refractivity contribution in [3.63, 3.8) is 0 Å². The number of benzene rings is 2. The van der Waals surface area contributed by atoms with Gasteiger partial charge in [0.15, 0.2) is 0 Å². The molecule has 0 radical (unpaired) electrons. The van der Waals surface area contributed by atoms with E-state index in [9.17, 15) is 14.7 Å². The first-order chi connectivity index (χ1) is 18.9. The van der Waals surface area contributed by atoms with Crippen molar-refractivity contribution in [1.82, 2.24) is 0 Å². The second-order valence-corrected chi connectivity index (χ2v) is 9.89. The van der Waals surface area contributed by atoms with Crippen LogP contribution in [0.5, 0.6) is 11.5 Å². The van der Waals surface area contributed by atoms with Gasteiger partial charge in [-0.1, -0.05) is 6.92 Å². The SMILES string of the molecule is CCOc1ccc(/C(O)=C2/C(=O)C(=O)N(c3ccc(N4CCC(C)CC4)cc3)C2c2ccco2)c(OCC)c1. The van der Waals surface area contributed by atoms with Gasteiger partial charge >= 0.3 is 0 Å². The van der Waals surface area contributed by atoms with Crippen LogP contribution in [-0.4, -0.2) is 43.1 Å². The zero-order valence-corrected chi connectivity index (χ0v) is 22.6. The van der Waals surface area contributed by atoms with Gasteiger partial charge in [-0.3, -0.25) is 14.5 Å². The summed E-state index contributed by atoms with van der Waals surface area (Å²) < 4.78 is 17.0. The lowest BCUT2D eigenvalue weighted by atomic mass is 9.98. The summed E-state index contributed by atoms with van der Waals surface area (Å²) in [6.45, 7) is 8.76. The summed E-state index contributed by atoms with van der Waals surface area (Å²) in [6.07, 6.45) is 3.77. The van der Waals surface area contributed by atoms with Crippen molar-refractivity contribution in [3.8, 4) is 11.5 Å². The Morgan fingerprint density at radius 3 is 2.31 bits per heavy atom. The molecule has 204 valence electrons. The lowest BCUT2D eigenvalue weighted by molar-refractivity contribution is -0.132. The number of piperidine rings is 1. The van der Waals surface area contributed by atoms with Crippen LogP contribution >= 0.6 is 0 Å². The molecule has 39 heavy (non-hydrogen) atoms. The predicted octanol–water partition coefficient (Wildman–Crippen LogP) is 5.94. The van der Waals surface area contributed by atoms with Crippen LogP contribution in [0.25, 0.3) is 5.76 Å². The molecule has 1 unspecified atom stereocenters. The summed E-state index contributed by atoms with van der Waals surface area (Å²) in [6, 6.07) is 15.1. The Bertz CT molecular complexity index is 1350. The largest absolute Gasteiger partial charge is 0.507 e. The number of anilines is 2. The van der Waals surface area contributed by atoms with Crippen LogP contribution in [0.3, 0.4) is 0 Å². The Kier molecular flexibility index (Phi) is 7.63. The Hall–Kier alpha value is -4.20. The number of rotatable bonds is 8. The first kappa shape index (κ1) is 26.4. The van der Waals surface area contributed by atoms with Gasteiger partial charge in [-0.05, 0) is 81.1 Å². The number of carbonyl (C=O) groups is 2. The maximum absolute atomic E-state index is 13.5. The highest BCUT2D eigenvalue weighted by Crippen LogP contribution is 2.44.